The van der Waals surface area contributed by atoms with E-state index in [1.165, 1.54) is 5.56 Å². The van der Waals surface area contributed by atoms with Gasteiger partial charge in [-0.25, -0.2) is 4.79 Å². The standard InChI is InChI=1S/C17H13NO2/c1-12-16(17(19)20-18-12)11-13-7-9-15(10-8-13)14-5-3-2-4-6-14/h2-11H,1H3. The van der Waals surface area contributed by atoms with Crippen molar-refractivity contribution in [3.8, 4) is 11.1 Å². The Morgan fingerprint density at radius 1 is 0.950 bits per heavy atom. The zero-order valence-corrected chi connectivity index (χ0v) is 11.0. The molecule has 1 heterocycles. The number of oxime groups is 1. The second kappa shape index (κ2) is 5.13. The van der Waals surface area contributed by atoms with Crippen LogP contribution in [0.2, 0.25) is 0 Å². The SMILES string of the molecule is CC1=NOC(=O)C1=Cc1ccc(-c2ccccc2)cc1. The zero-order chi connectivity index (χ0) is 13.9. The van der Waals surface area contributed by atoms with Gasteiger partial charge in [0.15, 0.2) is 0 Å². The third-order valence-electron chi connectivity index (χ3n) is 3.20. The Balaban J connectivity index is 1.89. The van der Waals surface area contributed by atoms with E-state index >= 15 is 0 Å². The summed E-state index contributed by atoms with van der Waals surface area (Å²) in [5.41, 5.74) is 4.39. The monoisotopic (exact) mass is 263 g/mol. The van der Waals surface area contributed by atoms with Crippen LogP contribution < -0.4 is 0 Å². The van der Waals surface area contributed by atoms with Gasteiger partial charge in [-0.15, -0.1) is 0 Å². The Bertz CT molecular complexity index is 698. The maximum atomic E-state index is 11.5. The van der Waals surface area contributed by atoms with Crippen LogP contribution in [0, 0.1) is 0 Å². The molecule has 3 nitrogen and oxygen atoms in total. The molecule has 0 aliphatic carbocycles. The highest BCUT2D eigenvalue weighted by atomic mass is 16.7. The van der Waals surface area contributed by atoms with Crippen molar-refractivity contribution in [2.45, 2.75) is 6.92 Å². The van der Waals surface area contributed by atoms with E-state index < -0.39 is 5.97 Å². The minimum absolute atomic E-state index is 0.394. The smallest absolute Gasteiger partial charge is 0.312 e. The molecule has 0 unspecified atom stereocenters. The van der Waals surface area contributed by atoms with Crippen LogP contribution in [0.1, 0.15) is 12.5 Å². The molecule has 3 heteroatoms. The Kier molecular flexibility index (Phi) is 3.17. The fourth-order valence-corrected chi connectivity index (χ4v) is 2.09. The van der Waals surface area contributed by atoms with Crippen molar-refractivity contribution >= 4 is 17.8 Å². The first-order chi connectivity index (χ1) is 9.74. The van der Waals surface area contributed by atoms with Crippen molar-refractivity contribution in [3.05, 3.63) is 65.7 Å². The molecule has 0 atom stereocenters. The summed E-state index contributed by atoms with van der Waals surface area (Å²) in [5, 5.41) is 3.66. The van der Waals surface area contributed by atoms with Crippen LogP contribution in [0.4, 0.5) is 0 Å². The number of rotatable bonds is 2. The van der Waals surface area contributed by atoms with Gasteiger partial charge in [0.1, 0.15) is 0 Å². The molecule has 0 spiro atoms. The predicted octanol–water partition coefficient (Wildman–Crippen LogP) is 3.67. The predicted molar refractivity (Wildman–Crippen MR) is 79.1 cm³/mol. The Morgan fingerprint density at radius 3 is 2.20 bits per heavy atom. The van der Waals surface area contributed by atoms with E-state index in [2.05, 4.69) is 22.1 Å². The van der Waals surface area contributed by atoms with Gasteiger partial charge in [0.25, 0.3) is 0 Å². The molecule has 1 aliphatic heterocycles. The summed E-state index contributed by atoms with van der Waals surface area (Å²) in [5.74, 6) is -0.394. The van der Waals surface area contributed by atoms with Crippen LogP contribution in [0.5, 0.6) is 0 Å². The summed E-state index contributed by atoms with van der Waals surface area (Å²) < 4.78 is 0. The first-order valence-electron chi connectivity index (χ1n) is 6.37. The number of benzene rings is 2. The second-order valence-electron chi connectivity index (χ2n) is 4.60. The maximum Gasteiger partial charge on any atom is 0.367 e. The van der Waals surface area contributed by atoms with Gasteiger partial charge in [0, 0.05) is 0 Å². The van der Waals surface area contributed by atoms with E-state index in [4.69, 9.17) is 0 Å². The highest BCUT2D eigenvalue weighted by Gasteiger charge is 2.21. The first-order valence-corrected chi connectivity index (χ1v) is 6.37. The second-order valence-corrected chi connectivity index (χ2v) is 4.60. The molecule has 0 N–H and O–H groups in total. The molecule has 20 heavy (non-hydrogen) atoms. The van der Waals surface area contributed by atoms with Gasteiger partial charge in [-0.3, -0.25) is 0 Å². The van der Waals surface area contributed by atoms with Crippen LogP contribution in [0.15, 0.2) is 65.3 Å². The summed E-state index contributed by atoms with van der Waals surface area (Å²) in [7, 11) is 0. The molecular weight excluding hydrogens is 250 g/mol. The van der Waals surface area contributed by atoms with E-state index in [-0.39, 0.29) is 0 Å². The molecule has 0 saturated heterocycles. The van der Waals surface area contributed by atoms with E-state index in [1.54, 1.807) is 13.0 Å². The molecule has 2 aromatic rings. The molecule has 0 radical (unpaired) electrons. The molecule has 1 aliphatic rings. The van der Waals surface area contributed by atoms with Gasteiger partial charge in [-0.2, -0.15) is 0 Å². The van der Waals surface area contributed by atoms with Crippen molar-refractivity contribution in [2.75, 3.05) is 0 Å². The first kappa shape index (κ1) is 12.4. The topological polar surface area (TPSA) is 38.7 Å². The molecule has 0 saturated carbocycles. The van der Waals surface area contributed by atoms with Gasteiger partial charge < -0.3 is 4.84 Å². The summed E-state index contributed by atoms with van der Waals surface area (Å²) in [6.07, 6.45) is 1.79. The third kappa shape index (κ3) is 2.38. The van der Waals surface area contributed by atoms with Crippen molar-refractivity contribution in [2.24, 2.45) is 5.16 Å². The molecule has 0 aromatic heterocycles. The van der Waals surface area contributed by atoms with Crippen LogP contribution in [-0.2, 0) is 9.63 Å². The van der Waals surface area contributed by atoms with E-state index in [9.17, 15) is 4.79 Å². The van der Waals surface area contributed by atoms with Gasteiger partial charge >= 0.3 is 5.97 Å². The quantitative estimate of drug-likeness (QED) is 0.612. The molecule has 98 valence electrons. The third-order valence-corrected chi connectivity index (χ3v) is 3.20. The minimum atomic E-state index is -0.394. The average Bonchev–Trinajstić information content (AvgIpc) is 2.81. The van der Waals surface area contributed by atoms with Gasteiger partial charge in [0.05, 0.1) is 11.3 Å². The summed E-state index contributed by atoms with van der Waals surface area (Å²) >= 11 is 0. The van der Waals surface area contributed by atoms with Crippen LogP contribution in [0.25, 0.3) is 17.2 Å². The molecule has 3 rings (SSSR count). The molecular formula is C17H13NO2. The van der Waals surface area contributed by atoms with E-state index in [0.29, 0.717) is 11.3 Å². The number of carbonyl (C=O) groups is 1. The number of carbonyl (C=O) groups excluding carboxylic acids is 1. The summed E-state index contributed by atoms with van der Waals surface area (Å²) in [4.78, 5) is 16.1. The number of nitrogens with zero attached hydrogens (tertiary/aromatic N) is 1. The fraction of sp³-hybridized carbons (Fsp3) is 0.0588. The Labute approximate surface area is 117 Å². The lowest BCUT2D eigenvalue weighted by atomic mass is 10.0. The molecule has 0 fully saturated rings. The van der Waals surface area contributed by atoms with Crippen LogP contribution in [0.3, 0.4) is 0 Å². The van der Waals surface area contributed by atoms with Crippen molar-refractivity contribution < 1.29 is 9.63 Å². The van der Waals surface area contributed by atoms with Crippen LogP contribution >= 0.6 is 0 Å². The number of hydrogen-bond acceptors (Lipinski definition) is 3. The normalized spacial score (nSPS) is 16.1. The maximum absolute atomic E-state index is 11.5. The van der Waals surface area contributed by atoms with Crippen molar-refractivity contribution in [3.63, 3.8) is 0 Å². The lowest BCUT2D eigenvalue weighted by molar-refractivity contribution is -0.136. The average molecular weight is 263 g/mol. The zero-order valence-electron chi connectivity index (χ0n) is 11.0. The van der Waals surface area contributed by atoms with Crippen LogP contribution in [-0.4, -0.2) is 11.7 Å². The van der Waals surface area contributed by atoms with E-state index in [0.717, 1.165) is 11.1 Å². The van der Waals surface area contributed by atoms with Crippen molar-refractivity contribution in [1.29, 1.82) is 0 Å². The van der Waals surface area contributed by atoms with Gasteiger partial charge in [-0.1, -0.05) is 59.8 Å². The fourth-order valence-electron chi connectivity index (χ4n) is 2.09. The largest absolute Gasteiger partial charge is 0.367 e. The lowest BCUT2D eigenvalue weighted by Crippen LogP contribution is -2.01. The summed E-state index contributed by atoms with van der Waals surface area (Å²) in [6, 6.07) is 18.2. The Morgan fingerprint density at radius 2 is 1.60 bits per heavy atom. The molecule has 0 amide bonds. The highest BCUT2D eigenvalue weighted by molar-refractivity contribution is 6.24. The highest BCUT2D eigenvalue weighted by Crippen LogP contribution is 2.21. The minimum Gasteiger partial charge on any atom is -0.312 e. The van der Waals surface area contributed by atoms with Gasteiger partial charge in [0.2, 0.25) is 0 Å². The van der Waals surface area contributed by atoms with Gasteiger partial charge in [-0.05, 0) is 29.7 Å². The Hall–Kier alpha value is -2.68. The summed E-state index contributed by atoms with van der Waals surface area (Å²) in [6.45, 7) is 1.76. The number of hydrogen-bond donors (Lipinski definition) is 0. The van der Waals surface area contributed by atoms with E-state index in [1.807, 2.05) is 42.5 Å². The van der Waals surface area contributed by atoms with Crippen molar-refractivity contribution in [1.82, 2.24) is 0 Å². The molecule has 0 bridgehead atoms. The lowest BCUT2D eigenvalue weighted by Gasteiger charge is -2.02. The molecule has 2 aromatic carbocycles.